The number of esters is 1. The van der Waals surface area contributed by atoms with Crippen LogP contribution in [0.25, 0.3) is 0 Å². The second-order valence-corrected chi connectivity index (χ2v) is 5.60. The van der Waals surface area contributed by atoms with Crippen molar-refractivity contribution in [3.63, 3.8) is 0 Å². The Morgan fingerprint density at radius 1 is 1.33 bits per heavy atom. The van der Waals surface area contributed by atoms with E-state index in [1.807, 2.05) is 43.3 Å². The third-order valence-corrected chi connectivity index (χ3v) is 3.79. The van der Waals surface area contributed by atoms with E-state index in [-0.39, 0.29) is 16.5 Å². The van der Waals surface area contributed by atoms with Crippen molar-refractivity contribution in [2.24, 2.45) is 0 Å². The van der Waals surface area contributed by atoms with Crippen LogP contribution in [-0.4, -0.2) is 25.0 Å². The molecule has 21 heavy (non-hydrogen) atoms. The predicted molar refractivity (Wildman–Crippen MR) is 80.9 cm³/mol. The number of hydrogen-bond acceptors (Lipinski definition) is 6. The smallest absolute Gasteiger partial charge is 0.348 e. The molecule has 0 fully saturated rings. The third kappa shape index (κ3) is 3.79. The highest BCUT2D eigenvalue weighted by atomic mass is 32.1. The molecule has 0 N–H and O–H groups in total. The largest absolute Gasteiger partial charge is 0.457 e. The van der Waals surface area contributed by atoms with Crippen LogP contribution in [0.2, 0.25) is 0 Å². The quantitative estimate of drug-likeness (QED) is 0.482. The zero-order valence-corrected chi connectivity index (χ0v) is 12.4. The Kier molecular flexibility index (Phi) is 4.54. The van der Waals surface area contributed by atoms with Crippen LogP contribution in [0.5, 0.6) is 0 Å². The van der Waals surface area contributed by atoms with Gasteiger partial charge in [-0.1, -0.05) is 23.5 Å². The Balaban J connectivity index is 2.00. The SMILES string of the molecule is CN(C)c1cccc(COC(=O)c2ccc([N+](=O)[O-])s2)c1. The Morgan fingerprint density at radius 3 is 2.71 bits per heavy atom. The van der Waals surface area contributed by atoms with Gasteiger partial charge in [0.1, 0.15) is 11.5 Å². The highest BCUT2D eigenvalue weighted by Gasteiger charge is 2.16. The standard InChI is InChI=1S/C14H14N2O4S/c1-15(2)11-5-3-4-10(8-11)9-20-14(17)12-6-7-13(21-12)16(18)19/h3-8H,9H2,1-2H3. The van der Waals surface area contributed by atoms with Gasteiger partial charge in [0.2, 0.25) is 0 Å². The number of hydrogen-bond donors (Lipinski definition) is 0. The number of ether oxygens (including phenoxy) is 1. The fourth-order valence-electron chi connectivity index (χ4n) is 1.68. The second-order valence-electron chi connectivity index (χ2n) is 4.54. The third-order valence-electron chi connectivity index (χ3n) is 2.77. The lowest BCUT2D eigenvalue weighted by Gasteiger charge is -2.13. The molecule has 1 aromatic carbocycles. The van der Waals surface area contributed by atoms with E-state index in [9.17, 15) is 14.9 Å². The molecular weight excluding hydrogens is 292 g/mol. The van der Waals surface area contributed by atoms with Gasteiger partial charge in [0, 0.05) is 25.8 Å². The molecule has 0 aliphatic heterocycles. The average Bonchev–Trinajstić information content (AvgIpc) is 2.95. The summed E-state index contributed by atoms with van der Waals surface area (Å²) in [7, 11) is 3.85. The maximum absolute atomic E-state index is 11.8. The van der Waals surface area contributed by atoms with Crippen molar-refractivity contribution in [1.29, 1.82) is 0 Å². The number of nitrogens with zero attached hydrogens (tertiary/aromatic N) is 2. The first kappa shape index (κ1) is 15.0. The van der Waals surface area contributed by atoms with Gasteiger partial charge in [-0.3, -0.25) is 10.1 Å². The first-order valence-electron chi connectivity index (χ1n) is 6.15. The number of carbonyl (C=O) groups is 1. The van der Waals surface area contributed by atoms with Gasteiger partial charge in [0.25, 0.3) is 0 Å². The normalized spacial score (nSPS) is 10.2. The van der Waals surface area contributed by atoms with Crippen LogP contribution in [0.15, 0.2) is 36.4 Å². The summed E-state index contributed by atoms with van der Waals surface area (Å²) >= 11 is 0.810. The van der Waals surface area contributed by atoms with Crippen molar-refractivity contribution in [3.8, 4) is 0 Å². The van der Waals surface area contributed by atoms with Crippen LogP contribution in [0.3, 0.4) is 0 Å². The van der Waals surface area contributed by atoms with Gasteiger partial charge in [-0.15, -0.1) is 0 Å². The molecule has 110 valence electrons. The molecule has 7 heteroatoms. The highest BCUT2D eigenvalue weighted by molar-refractivity contribution is 7.17. The van der Waals surface area contributed by atoms with Gasteiger partial charge in [-0.25, -0.2) is 4.79 Å². The van der Waals surface area contributed by atoms with Crippen molar-refractivity contribution >= 4 is 28.0 Å². The fourth-order valence-corrected chi connectivity index (χ4v) is 2.39. The minimum atomic E-state index is -0.552. The summed E-state index contributed by atoms with van der Waals surface area (Å²) in [4.78, 5) is 24.1. The first-order chi connectivity index (χ1) is 9.97. The zero-order valence-electron chi connectivity index (χ0n) is 11.6. The summed E-state index contributed by atoms with van der Waals surface area (Å²) < 4.78 is 5.17. The Hall–Kier alpha value is -2.41. The Bertz CT molecular complexity index is 666. The van der Waals surface area contributed by atoms with Gasteiger partial charge >= 0.3 is 11.0 Å². The zero-order chi connectivity index (χ0) is 15.4. The predicted octanol–water partition coefficient (Wildman–Crippen LogP) is 3.08. The van der Waals surface area contributed by atoms with E-state index < -0.39 is 10.9 Å². The topological polar surface area (TPSA) is 72.7 Å². The number of anilines is 1. The number of thiophene rings is 1. The summed E-state index contributed by atoms with van der Waals surface area (Å²) in [6.07, 6.45) is 0. The lowest BCUT2D eigenvalue weighted by atomic mass is 10.2. The number of nitro groups is 1. The fraction of sp³-hybridized carbons (Fsp3) is 0.214. The van der Waals surface area contributed by atoms with Crippen LogP contribution in [0.1, 0.15) is 15.2 Å². The number of rotatable bonds is 5. The molecule has 2 aromatic rings. The molecule has 2 rings (SSSR count). The lowest BCUT2D eigenvalue weighted by Crippen LogP contribution is -2.09. The van der Waals surface area contributed by atoms with Crippen molar-refractivity contribution in [3.05, 3.63) is 57.0 Å². The van der Waals surface area contributed by atoms with Crippen molar-refractivity contribution in [2.75, 3.05) is 19.0 Å². The maximum atomic E-state index is 11.8. The molecule has 0 bridgehead atoms. The van der Waals surface area contributed by atoms with Crippen LogP contribution < -0.4 is 4.90 Å². The van der Waals surface area contributed by atoms with Crippen molar-refractivity contribution in [1.82, 2.24) is 0 Å². The van der Waals surface area contributed by atoms with E-state index >= 15 is 0 Å². The molecule has 0 amide bonds. The Morgan fingerprint density at radius 2 is 2.10 bits per heavy atom. The molecule has 0 aliphatic rings. The van der Waals surface area contributed by atoms with Crippen LogP contribution in [0.4, 0.5) is 10.7 Å². The van der Waals surface area contributed by atoms with Gasteiger partial charge < -0.3 is 9.64 Å². The number of benzene rings is 1. The second kappa shape index (κ2) is 6.36. The molecule has 0 spiro atoms. The van der Waals surface area contributed by atoms with Gasteiger partial charge in [-0.2, -0.15) is 0 Å². The molecule has 0 atom stereocenters. The van der Waals surface area contributed by atoms with E-state index in [4.69, 9.17) is 4.74 Å². The summed E-state index contributed by atoms with van der Waals surface area (Å²) in [6.45, 7) is 0.131. The molecule has 0 unspecified atom stereocenters. The molecule has 0 aliphatic carbocycles. The van der Waals surface area contributed by atoms with E-state index in [0.717, 1.165) is 22.6 Å². The molecule has 1 heterocycles. The molecule has 0 saturated heterocycles. The molecule has 6 nitrogen and oxygen atoms in total. The van der Waals surface area contributed by atoms with Crippen LogP contribution in [-0.2, 0) is 11.3 Å². The average molecular weight is 306 g/mol. The molecule has 0 saturated carbocycles. The molecular formula is C14H14N2O4S. The van der Waals surface area contributed by atoms with Gasteiger partial charge in [0.15, 0.2) is 0 Å². The minimum Gasteiger partial charge on any atom is -0.457 e. The minimum absolute atomic E-state index is 0.0726. The first-order valence-corrected chi connectivity index (χ1v) is 6.96. The van der Waals surface area contributed by atoms with Crippen LogP contribution >= 0.6 is 11.3 Å². The Labute approximate surface area is 125 Å². The highest BCUT2D eigenvalue weighted by Crippen LogP contribution is 2.25. The van der Waals surface area contributed by atoms with Crippen LogP contribution in [0, 0.1) is 10.1 Å². The van der Waals surface area contributed by atoms with Crippen molar-refractivity contribution in [2.45, 2.75) is 6.61 Å². The van der Waals surface area contributed by atoms with E-state index in [1.54, 1.807) is 0 Å². The summed E-state index contributed by atoms with van der Waals surface area (Å²) in [5.74, 6) is -0.552. The van der Waals surface area contributed by atoms with Gasteiger partial charge in [-0.05, 0) is 23.8 Å². The van der Waals surface area contributed by atoms with Gasteiger partial charge in [0.05, 0.1) is 4.92 Å². The number of carbonyl (C=O) groups excluding carboxylic acids is 1. The summed E-state index contributed by atoms with van der Waals surface area (Å²) in [5, 5.41) is 10.5. The van der Waals surface area contributed by atoms with E-state index in [1.165, 1.54) is 12.1 Å². The van der Waals surface area contributed by atoms with E-state index in [0.29, 0.717) is 0 Å². The molecule has 1 aromatic heterocycles. The summed E-state index contributed by atoms with van der Waals surface area (Å²) in [5.41, 5.74) is 1.87. The lowest BCUT2D eigenvalue weighted by molar-refractivity contribution is -0.380. The summed E-state index contributed by atoms with van der Waals surface area (Å²) in [6, 6.07) is 10.3. The van der Waals surface area contributed by atoms with E-state index in [2.05, 4.69) is 0 Å². The monoisotopic (exact) mass is 306 g/mol. The maximum Gasteiger partial charge on any atom is 0.348 e. The molecule has 0 radical (unpaired) electrons. The van der Waals surface area contributed by atoms with Crippen molar-refractivity contribution < 1.29 is 14.5 Å².